The van der Waals surface area contributed by atoms with E-state index >= 15 is 0 Å². The van der Waals surface area contributed by atoms with E-state index in [2.05, 4.69) is 4.98 Å². The van der Waals surface area contributed by atoms with Gasteiger partial charge in [-0.1, -0.05) is 12.8 Å². The summed E-state index contributed by atoms with van der Waals surface area (Å²) in [4.78, 5) is 18.1. The van der Waals surface area contributed by atoms with E-state index in [1.54, 1.807) is 17.0 Å². The zero-order valence-electron chi connectivity index (χ0n) is 10.4. The number of hydrogen-bond acceptors (Lipinski definition) is 4. The molecule has 3 N–H and O–H groups in total. The summed E-state index contributed by atoms with van der Waals surface area (Å²) in [5, 5.41) is 9.39. The first-order valence-corrected chi connectivity index (χ1v) is 6.35. The quantitative estimate of drug-likeness (QED) is 0.820. The van der Waals surface area contributed by atoms with Crippen LogP contribution in [0.15, 0.2) is 18.3 Å². The van der Waals surface area contributed by atoms with Gasteiger partial charge in [-0.3, -0.25) is 4.79 Å². The van der Waals surface area contributed by atoms with Crippen LogP contribution in [-0.4, -0.2) is 40.1 Å². The second-order valence-electron chi connectivity index (χ2n) is 4.66. The highest BCUT2D eigenvalue weighted by molar-refractivity contribution is 5.92. The number of pyridine rings is 1. The Morgan fingerprint density at radius 3 is 2.94 bits per heavy atom. The molecule has 0 spiro atoms. The largest absolute Gasteiger partial charge is 0.397 e. The Balaban J connectivity index is 2.17. The molecule has 0 aromatic carbocycles. The van der Waals surface area contributed by atoms with Crippen LogP contribution in [0.5, 0.6) is 0 Å². The van der Waals surface area contributed by atoms with Crippen LogP contribution in [-0.2, 0) is 0 Å². The van der Waals surface area contributed by atoms with E-state index in [1.165, 1.54) is 6.20 Å². The van der Waals surface area contributed by atoms with Crippen LogP contribution in [0.4, 0.5) is 5.69 Å². The van der Waals surface area contributed by atoms with Gasteiger partial charge in [-0.15, -0.1) is 0 Å². The molecule has 0 radical (unpaired) electrons. The maximum Gasteiger partial charge on any atom is 0.272 e. The minimum Gasteiger partial charge on any atom is -0.397 e. The number of amides is 1. The van der Waals surface area contributed by atoms with Crippen molar-refractivity contribution < 1.29 is 9.90 Å². The van der Waals surface area contributed by atoms with Crippen molar-refractivity contribution >= 4 is 11.6 Å². The maximum atomic E-state index is 12.3. The van der Waals surface area contributed by atoms with Crippen molar-refractivity contribution in [2.75, 3.05) is 18.9 Å². The van der Waals surface area contributed by atoms with Crippen molar-refractivity contribution in [3.8, 4) is 0 Å². The number of likely N-dealkylation sites (tertiary alicyclic amines) is 1. The number of rotatable bonds is 2. The van der Waals surface area contributed by atoms with Crippen LogP contribution >= 0.6 is 0 Å². The first-order chi connectivity index (χ1) is 8.72. The maximum absolute atomic E-state index is 12.3. The van der Waals surface area contributed by atoms with Crippen LogP contribution in [0.1, 0.15) is 36.2 Å². The van der Waals surface area contributed by atoms with Gasteiger partial charge in [-0.05, 0) is 25.0 Å². The smallest absolute Gasteiger partial charge is 0.272 e. The highest BCUT2D eigenvalue weighted by Gasteiger charge is 2.26. The lowest BCUT2D eigenvalue weighted by Crippen LogP contribution is -2.42. The Labute approximate surface area is 107 Å². The van der Waals surface area contributed by atoms with Gasteiger partial charge in [0.25, 0.3) is 5.91 Å². The fourth-order valence-electron chi connectivity index (χ4n) is 2.31. The topological polar surface area (TPSA) is 79.5 Å². The molecule has 1 aromatic heterocycles. The predicted molar refractivity (Wildman–Crippen MR) is 69.0 cm³/mol. The number of aliphatic hydroxyl groups is 1. The summed E-state index contributed by atoms with van der Waals surface area (Å²) in [5.74, 6) is -0.115. The summed E-state index contributed by atoms with van der Waals surface area (Å²) >= 11 is 0. The van der Waals surface area contributed by atoms with Crippen molar-refractivity contribution in [3.05, 3.63) is 24.0 Å². The molecule has 2 heterocycles. The number of aliphatic hydroxyl groups excluding tert-OH is 1. The molecule has 98 valence electrons. The molecule has 0 bridgehead atoms. The third-order valence-electron chi connectivity index (χ3n) is 3.35. The van der Waals surface area contributed by atoms with Gasteiger partial charge >= 0.3 is 0 Å². The van der Waals surface area contributed by atoms with Gasteiger partial charge in [0, 0.05) is 6.54 Å². The minimum absolute atomic E-state index is 0.0146. The second kappa shape index (κ2) is 5.82. The lowest BCUT2D eigenvalue weighted by atomic mass is 10.1. The van der Waals surface area contributed by atoms with Crippen LogP contribution < -0.4 is 5.73 Å². The average Bonchev–Trinajstić information content (AvgIpc) is 2.63. The Morgan fingerprint density at radius 1 is 1.44 bits per heavy atom. The van der Waals surface area contributed by atoms with Crippen molar-refractivity contribution in [3.63, 3.8) is 0 Å². The van der Waals surface area contributed by atoms with Gasteiger partial charge in [0.15, 0.2) is 0 Å². The first kappa shape index (κ1) is 12.8. The standard InChI is InChI=1S/C13H19N3O2/c14-10-5-6-12(15-8-10)13(18)16-7-3-1-2-4-11(16)9-17/h5-6,8,11,17H,1-4,7,9,14H2. The lowest BCUT2D eigenvalue weighted by molar-refractivity contribution is 0.0594. The number of aromatic nitrogens is 1. The van der Waals surface area contributed by atoms with Crippen LogP contribution in [0, 0.1) is 0 Å². The van der Waals surface area contributed by atoms with Gasteiger partial charge in [-0.25, -0.2) is 4.98 Å². The van der Waals surface area contributed by atoms with Crippen molar-refractivity contribution in [1.82, 2.24) is 9.88 Å². The normalized spacial score (nSPS) is 20.5. The third-order valence-corrected chi connectivity index (χ3v) is 3.35. The molecular weight excluding hydrogens is 230 g/mol. The van der Waals surface area contributed by atoms with Crippen molar-refractivity contribution in [2.45, 2.75) is 31.7 Å². The molecule has 1 fully saturated rings. The zero-order chi connectivity index (χ0) is 13.0. The Kier molecular flexibility index (Phi) is 4.15. The number of carbonyl (C=O) groups is 1. The van der Waals surface area contributed by atoms with E-state index in [0.717, 1.165) is 25.7 Å². The summed E-state index contributed by atoms with van der Waals surface area (Å²) in [6, 6.07) is 3.22. The monoisotopic (exact) mass is 249 g/mol. The highest BCUT2D eigenvalue weighted by Crippen LogP contribution is 2.18. The highest BCUT2D eigenvalue weighted by atomic mass is 16.3. The van der Waals surface area contributed by atoms with E-state index in [-0.39, 0.29) is 18.6 Å². The number of nitrogen functional groups attached to an aromatic ring is 1. The Bertz CT molecular complexity index is 405. The van der Waals surface area contributed by atoms with E-state index in [0.29, 0.717) is 17.9 Å². The average molecular weight is 249 g/mol. The molecule has 2 rings (SSSR count). The molecule has 0 aliphatic carbocycles. The van der Waals surface area contributed by atoms with Crippen LogP contribution in [0.2, 0.25) is 0 Å². The molecule has 1 aromatic rings. The molecule has 1 amide bonds. The molecule has 1 aliphatic rings. The summed E-state index contributed by atoms with van der Waals surface area (Å²) in [6.07, 6.45) is 5.49. The zero-order valence-corrected chi connectivity index (χ0v) is 10.4. The molecule has 1 saturated heterocycles. The third kappa shape index (κ3) is 2.79. The molecular formula is C13H19N3O2. The summed E-state index contributed by atoms with van der Waals surface area (Å²) in [6.45, 7) is 0.705. The summed E-state index contributed by atoms with van der Waals surface area (Å²) in [5.41, 5.74) is 6.49. The second-order valence-corrected chi connectivity index (χ2v) is 4.66. The van der Waals surface area contributed by atoms with Gasteiger partial charge in [0.1, 0.15) is 5.69 Å². The van der Waals surface area contributed by atoms with Crippen molar-refractivity contribution in [2.24, 2.45) is 0 Å². The molecule has 1 unspecified atom stereocenters. The molecule has 5 nitrogen and oxygen atoms in total. The van der Waals surface area contributed by atoms with Crippen LogP contribution in [0.25, 0.3) is 0 Å². The predicted octanol–water partition coefficient (Wildman–Crippen LogP) is 1.04. The van der Waals surface area contributed by atoms with E-state index in [1.807, 2.05) is 0 Å². The van der Waals surface area contributed by atoms with Crippen molar-refractivity contribution in [1.29, 1.82) is 0 Å². The lowest BCUT2D eigenvalue weighted by Gasteiger charge is -2.28. The molecule has 1 aliphatic heterocycles. The Hall–Kier alpha value is -1.62. The summed E-state index contributed by atoms with van der Waals surface area (Å²) in [7, 11) is 0. The molecule has 1 atom stereocenters. The minimum atomic E-state index is -0.115. The summed E-state index contributed by atoms with van der Waals surface area (Å²) < 4.78 is 0. The fourth-order valence-corrected chi connectivity index (χ4v) is 2.31. The number of hydrogen-bond donors (Lipinski definition) is 2. The number of carbonyl (C=O) groups excluding carboxylic acids is 1. The molecule has 5 heteroatoms. The van der Waals surface area contributed by atoms with Gasteiger partial charge in [0.05, 0.1) is 24.5 Å². The Morgan fingerprint density at radius 2 is 2.28 bits per heavy atom. The van der Waals surface area contributed by atoms with E-state index in [9.17, 15) is 9.90 Å². The fraction of sp³-hybridized carbons (Fsp3) is 0.538. The van der Waals surface area contributed by atoms with Gasteiger partial charge < -0.3 is 15.7 Å². The SMILES string of the molecule is Nc1ccc(C(=O)N2CCCCCC2CO)nc1. The van der Waals surface area contributed by atoms with Crippen LogP contribution in [0.3, 0.4) is 0 Å². The first-order valence-electron chi connectivity index (χ1n) is 6.35. The van der Waals surface area contributed by atoms with E-state index < -0.39 is 0 Å². The molecule has 18 heavy (non-hydrogen) atoms. The number of nitrogens with zero attached hydrogens (tertiary/aromatic N) is 2. The van der Waals surface area contributed by atoms with E-state index in [4.69, 9.17) is 5.73 Å². The number of nitrogens with two attached hydrogens (primary N) is 1. The van der Waals surface area contributed by atoms with Gasteiger partial charge in [0.2, 0.25) is 0 Å². The molecule has 0 saturated carbocycles. The van der Waals surface area contributed by atoms with Gasteiger partial charge in [-0.2, -0.15) is 0 Å². The number of anilines is 1.